The second kappa shape index (κ2) is 10.5. The van der Waals surface area contributed by atoms with Crippen LogP contribution in [0.2, 0.25) is 0 Å². The van der Waals surface area contributed by atoms with E-state index in [0.717, 1.165) is 9.87 Å². The zero-order valence-corrected chi connectivity index (χ0v) is 20.6. The average Bonchev–Trinajstić information content (AvgIpc) is 2.87. The van der Waals surface area contributed by atoms with E-state index >= 15 is 0 Å². The highest BCUT2D eigenvalue weighted by atomic mass is 32.2. The fraction of sp³-hybridized carbons (Fsp3) is 0.240. The van der Waals surface area contributed by atoms with Gasteiger partial charge in [-0.15, -0.1) is 0 Å². The summed E-state index contributed by atoms with van der Waals surface area (Å²) in [5.41, 5.74) is 1.75. The average molecular weight is 485 g/mol. The van der Waals surface area contributed by atoms with Crippen LogP contribution >= 0.6 is 0 Å². The lowest BCUT2D eigenvalue weighted by Gasteiger charge is -2.21. The molecule has 8 nitrogen and oxygen atoms in total. The van der Waals surface area contributed by atoms with Crippen molar-refractivity contribution in [1.29, 1.82) is 0 Å². The highest BCUT2D eigenvalue weighted by Crippen LogP contribution is 2.31. The maximum atomic E-state index is 13.1. The summed E-state index contributed by atoms with van der Waals surface area (Å²) in [5, 5.41) is 0. The number of para-hydroxylation sites is 1. The number of rotatable bonds is 9. The van der Waals surface area contributed by atoms with Crippen LogP contribution in [0.15, 0.2) is 71.6 Å². The van der Waals surface area contributed by atoms with E-state index in [1.807, 2.05) is 24.3 Å². The maximum Gasteiger partial charge on any atom is 0.264 e. The van der Waals surface area contributed by atoms with Crippen LogP contribution < -0.4 is 18.5 Å². The van der Waals surface area contributed by atoms with Crippen LogP contribution in [0, 0.1) is 0 Å². The Labute approximate surface area is 200 Å². The predicted octanol–water partition coefficient (Wildman–Crippen LogP) is 3.81. The van der Waals surface area contributed by atoms with Gasteiger partial charge in [-0.05, 0) is 42.5 Å². The van der Waals surface area contributed by atoms with Crippen molar-refractivity contribution in [2.45, 2.75) is 11.4 Å². The summed E-state index contributed by atoms with van der Waals surface area (Å²) in [6, 6.07) is 18.3. The number of carbonyl (C=O) groups excluding carboxylic acids is 1. The molecule has 0 aromatic heterocycles. The quantitative estimate of drug-likeness (QED) is 0.459. The molecule has 0 spiro atoms. The van der Waals surface area contributed by atoms with Gasteiger partial charge in [-0.25, -0.2) is 8.42 Å². The standard InChI is InChI=1S/C25H28N2O6S/c1-26(17-19-8-6-7-9-22(19)31-3)25(28)18-10-12-20(13-11-18)27(2)34(29,30)21-14-15-23(32-4)24(16-21)33-5/h6-16H,17H2,1-5H3. The minimum atomic E-state index is -3.86. The first-order chi connectivity index (χ1) is 16.2. The lowest BCUT2D eigenvalue weighted by molar-refractivity contribution is 0.0784. The molecule has 0 aliphatic carbocycles. The van der Waals surface area contributed by atoms with Gasteiger partial charge < -0.3 is 19.1 Å². The number of hydrogen-bond acceptors (Lipinski definition) is 6. The van der Waals surface area contributed by atoms with Crippen molar-refractivity contribution in [2.24, 2.45) is 0 Å². The van der Waals surface area contributed by atoms with Gasteiger partial charge in [0.2, 0.25) is 0 Å². The summed E-state index contributed by atoms with van der Waals surface area (Å²) in [7, 11) is 3.81. The van der Waals surface area contributed by atoms with Crippen LogP contribution in [0.3, 0.4) is 0 Å². The molecule has 9 heteroatoms. The Balaban J connectivity index is 1.78. The number of amides is 1. The summed E-state index contributed by atoms with van der Waals surface area (Å²) < 4.78 is 43.2. The van der Waals surface area contributed by atoms with Gasteiger partial charge >= 0.3 is 0 Å². The predicted molar refractivity (Wildman–Crippen MR) is 130 cm³/mol. The summed E-state index contributed by atoms with van der Waals surface area (Å²) in [6.07, 6.45) is 0. The number of benzene rings is 3. The van der Waals surface area contributed by atoms with Crippen LogP contribution in [0.25, 0.3) is 0 Å². The van der Waals surface area contributed by atoms with E-state index in [0.29, 0.717) is 35.0 Å². The van der Waals surface area contributed by atoms with Crippen LogP contribution in [0.5, 0.6) is 17.2 Å². The SMILES string of the molecule is COc1ccccc1CN(C)C(=O)c1ccc(N(C)S(=O)(=O)c2ccc(OC)c(OC)c2)cc1. The Morgan fingerprint density at radius 2 is 1.41 bits per heavy atom. The fourth-order valence-electron chi connectivity index (χ4n) is 3.47. The number of sulfonamides is 1. The zero-order chi connectivity index (χ0) is 24.9. The van der Waals surface area contributed by atoms with Crippen LogP contribution in [0.4, 0.5) is 5.69 Å². The number of anilines is 1. The van der Waals surface area contributed by atoms with Gasteiger partial charge in [0.25, 0.3) is 15.9 Å². The van der Waals surface area contributed by atoms with E-state index in [-0.39, 0.29) is 10.8 Å². The first-order valence-electron chi connectivity index (χ1n) is 10.4. The number of nitrogens with zero attached hydrogens (tertiary/aromatic N) is 2. The summed E-state index contributed by atoms with van der Waals surface area (Å²) in [6.45, 7) is 0.373. The molecule has 34 heavy (non-hydrogen) atoms. The van der Waals surface area contributed by atoms with Gasteiger partial charge in [0.1, 0.15) is 5.75 Å². The van der Waals surface area contributed by atoms with Crippen molar-refractivity contribution < 1.29 is 27.4 Å². The molecule has 0 atom stereocenters. The van der Waals surface area contributed by atoms with E-state index in [1.54, 1.807) is 49.4 Å². The molecule has 3 aromatic rings. The molecular weight excluding hydrogens is 456 g/mol. The third-order valence-corrected chi connectivity index (χ3v) is 7.22. The molecule has 0 fully saturated rings. The summed E-state index contributed by atoms with van der Waals surface area (Å²) in [5.74, 6) is 1.27. The Bertz CT molecular complexity index is 1260. The van der Waals surface area contributed by atoms with Crippen LogP contribution in [0.1, 0.15) is 15.9 Å². The van der Waals surface area contributed by atoms with Crippen molar-refractivity contribution in [3.05, 3.63) is 77.9 Å². The largest absolute Gasteiger partial charge is 0.496 e. The summed E-state index contributed by atoms with van der Waals surface area (Å²) >= 11 is 0. The van der Waals surface area contributed by atoms with Crippen LogP contribution in [-0.4, -0.2) is 54.6 Å². The second-order valence-corrected chi connectivity index (χ2v) is 9.48. The normalized spacial score (nSPS) is 11.0. The molecule has 0 bridgehead atoms. The zero-order valence-electron chi connectivity index (χ0n) is 19.8. The molecule has 0 radical (unpaired) electrons. The molecule has 1 amide bonds. The molecule has 0 N–H and O–H groups in total. The minimum absolute atomic E-state index is 0.0596. The van der Waals surface area contributed by atoms with E-state index in [2.05, 4.69) is 0 Å². The molecule has 3 aromatic carbocycles. The van der Waals surface area contributed by atoms with Gasteiger partial charge in [-0.1, -0.05) is 18.2 Å². The minimum Gasteiger partial charge on any atom is -0.496 e. The monoisotopic (exact) mass is 484 g/mol. The molecule has 0 saturated carbocycles. The smallest absolute Gasteiger partial charge is 0.264 e. The van der Waals surface area contributed by atoms with Gasteiger partial charge in [-0.3, -0.25) is 9.10 Å². The highest BCUT2D eigenvalue weighted by molar-refractivity contribution is 7.92. The Kier molecular flexibility index (Phi) is 7.68. The second-order valence-electron chi connectivity index (χ2n) is 7.51. The first kappa shape index (κ1) is 24.9. The molecule has 0 heterocycles. The highest BCUT2D eigenvalue weighted by Gasteiger charge is 2.23. The van der Waals surface area contributed by atoms with E-state index in [4.69, 9.17) is 14.2 Å². The van der Waals surface area contributed by atoms with Crippen molar-refractivity contribution in [3.63, 3.8) is 0 Å². The molecule has 0 aliphatic rings. The molecule has 0 unspecified atom stereocenters. The first-order valence-corrected chi connectivity index (χ1v) is 11.8. The Hall–Kier alpha value is -3.72. The molecule has 0 aliphatic heterocycles. The Morgan fingerprint density at radius 1 is 0.794 bits per heavy atom. The topological polar surface area (TPSA) is 85.4 Å². The molecule has 0 saturated heterocycles. The van der Waals surface area contributed by atoms with Crippen molar-refractivity contribution in [1.82, 2.24) is 4.90 Å². The van der Waals surface area contributed by atoms with Gasteiger partial charge in [0, 0.05) is 37.8 Å². The van der Waals surface area contributed by atoms with Gasteiger partial charge in [0.15, 0.2) is 11.5 Å². The summed E-state index contributed by atoms with van der Waals surface area (Å²) in [4.78, 5) is 14.5. The number of ether oxygens (including phenoxy) is 3. The van der Waals surface area contributed by atoms with Crippen LogP contribution in [-0.2, 0) is 16.6 Å². The van der Waals surface area contributed by atoms with E-state index in [9.17, 15) is 13.2 Å². The van der Waals surface area contributed by atoms with Crippen molar-refractivity contribution in [3.8, 4) is 17.2 Å². The van der Waals surface area contributed by atoms with E-state index in [1.165, 1.54) is 33.4 Å². The number of hydrogen-bond donors (Lipinski definition) is 0. The third-order valence-electron chi connectivity index (χ3n) is 5.44. The number of carbonyl (C=O) groups is 1. The number of methoxy groups -OCH3 is 3. The lowest BCUT2D eigenvalue weighted by Crippen LogP contribution is -2.28. The van der Waals surface area contributed by atoms with Crippen molar-refractivity contribution >= 4 is 21.6 Å². The fourth-order valence-corrected chi connectivity index (χ4v) is 4.68. The van der Waals surface area contributed by atoms with E-state index < -0.39 is 10.0 Å². The maximum absolute atomic E-state index is 13.1. The lowest BCUT2D eigenvalue weighted by atomic mass is 10.1. The molecular formula is C25H28N2O6S. The Morgan fingerprint density at radius 3 is 2.03 bits per heavy atom. The molecule has 3 rings (SSSR count). The third kappa shape index (κ3) is 5.09. The molecule has 180 valence electrons. The van der Waals surface area contributed by atoms with Gasteiger partial charge in [0.05, 0.1) is 31.9 Å². The van der Waals surface area contributed by atoms with Gasteiger partial charge in [-0.2, -0.15) is 0 Å². The van der Waals surface area contributed by atoms with Crippen molar-refractivity contribution in [2.75, 3.05) is 39.7 Å².